The van der Waals surface area contributed by atoms with Gasteiger partial charge in [-0.1, -0.05) is 31.4 Å². The second-order valence-electron chi connectivity index (χ2n) is 5.12. The Labute approximate surface area is 91.7 Å². The van der Waals surface area contributed by atoms with E-state index >= 15 is 0 Å². The molecule has 1 nitrogen and oxygen atoms in total. The van der Waals surface area contributed by atoms with Crippen molar-refractivity contribution in [3.63, 3.8) is 0 Å². The first kappa shape index (κ1) is 9.26. The Kier molecular flexibility index (Phi) is 2.19. The molecule has 0 aromatic heterocycles. The highest BCUT2D eigenvalue weighted by molar-refractivity contribution is 5.54. The number of nitrogen functional groups attached to an aromatic ring is 1. The highest BCUT2D eigenvalue weighted by Crippen LogP contribution is 2.46. The molecule has 15 heavy (non-hydrogen) atoms. The van der Waals surface area contributed by atoms with Crippen LogP contribution in [-0.4, -0.2) is 0 Å². The molecule has 2 N–H and O–H groups in total. The lowest BCUT2D eigenvalue weighted by molar-refractivity contribution is 0.432. The molecule has 3 rings (SSSR count). The summed E-state index contributed by atoms with van der Waals surface area (Å²) in [5, 5.41) is 0. The number of benzene rings is 1. The van der Waals surface area contributed by atoms with Crippen molar-refractivity contribution < 1.29 is 0 Å². The van der Waals surface area contributed by atoms with E-state index in [-0.39, 0.29) is 0 Å². The van der Waals surface area contributed by atoms with E-state index in [1.54, 1.807) is 5.56 Å². The minimum Gasteiger partial charge on any atom is -0.398 e. The van der Waals surface area contributed by atoms with E-state index in [0.29, 0.717) is 0 Å². The summed E-state index contributed by atoms with van der Waals surface area (Å²) in [5.74, 6) is 1.72. The molecule has 1 aromatic rings. The van der Waals surface area contributed by atoms with Gasteiger partial charge >= 0.3 is 0 Å². The molecule has 0 aliphatic heterocycles. The summed E-state index contributed by atoms with van der Waals surface area (Å²) in [6, 6.07) is 6.49. The van der Waals surface area contributed by atoms with Crippen LogP contribution in [0.5, 0.6) is 0 Å². The monoisotopic (exact) mass is 201 g/mol. The molecule has 0 spiro atoms. The Balaban J connectivity index is 2.00. The van der Waals surface area contributed by atoms with Gasteiger partial charge in [0.15, 0.2) is 0 Å². The Morgan fingerprint density at radius 3 is 2.87 bits per heavy atom. The fourth-order valence-corrected chi connectivity index (χ4v) is 3.51. The van der Waals surface area contributed by atoms with E-state index in [2.05, 4.69) is 18.2 Å². The number of nitrogens with two attached hydrogens (primary N) is 1. The van der Waals surface area contributed by atoms with Crippen LogP contribution in [0.2, 0.25) is 0 Å². The summed E-state index contributed by atoms with van der Waals surface area (Å²) >= 11 is 0. The second kappa shape index (κ2) is 3.55. The number of rotatable bonds is 0. The Morgan fingerprint density at radius 1 is 1.07 bits per heavy atom. The van der Waals surface area contributed by atoms with Gasteiger partial charge in [0.1, 0.15) is 0 Å². The van der Waals surface area contributed by atoms with Crippen molar-refractivity contribution in [2.75, 3.05) is 5.73 Å². The van der Waals surface area contributed by atoms with Gasteiger partial charge in [-0.15, -0.1) is 0 Å². The molecule has 80 valence electrons. The van der Waals surface area contributed by atoms with Crippen molar-refractivity contribution in [2.24, 2.45) is 5.92 Å². The van der Waals surface area contributed by atoms with Gasteiger partial charge in [0, 0.05) is 5.69 Å². The van der Waals surface area contributed by atoms with E-state index in [1.807, 2.05) is 0 Å². The molecule has 2 unspecified atom stereocenters. The van der Waals surface area contributed by atoms with Crippen molar-refractivity contribution >= 4 is 5.69 Å². The quantitative estimate of drug-likeness (QED) is 0.639. The van der Waals surface area contributed by atoms with E-state index in [9.17, 15) is 0 Å². The molecule has 0 amide bonds. The number of hydrogen-bond donors (Lipinski definition) is 1. The number of anilines is 1. The zero-order valence-corrected chi connectivity index (χ0v) is 9.21. The number of fused-ring (bicyclic) bond motifs is 3. The third kappa shape index (κ3) is 1.45. The first-order chi connectivity index (χ1) is 7.36. The van der Waals surface area contributed by atoms with Gasteiger partial charge in [-0.3, -0.25) is 0 Å². The van der Waals surface area contributed by atoms with Crippen LogP contribution >= 0.6 is 0 Å². The Morgan fingerprint density at radius 2 is 1.93 bits per heavy atom. The fraction of sp³-hybridized carbons (Fsp3) is 0.571. The van der Waals surface area contributed by atoms with Gasteiger partial charge in [-0.05, 0) is 48.3 Å². The third-order valence-corrected chi connectivity index (χ3v) is 4.27. The summed E-state index contributed by atoms with van der Waals surface area (Å²) in [5.41, 5.74) is 10.1. The maximum atomic E-state index is 6.07. The van der Waals surface area contributed by atoms with Gasteiger partial charge in [0.2, 0.25) is 0 Å². The molecule has 1 fully saturated rings. The minimum atomic E-state index is 0.825. The van der Waals surface area contributed by atoms with Crippen LogP contribution in [0, 0.1) is 5.92 Å². The smallest absolute Gasteiger partial charge is 0.0349 e. The molecule has 1 aromatic carbocycles. The first-order valence-corrected chi connectivity index (χ1v) is 6.23. The van der Waals surface area contributed by atoms with Gasteiger partial charge in [0.25, 0.3) is 0 Å². The van der Waals surface area contributed by atoms with Crippen LogP contribution in [0.1, 0.15) is 49.1 Å². The predicted octanol–water partition coefficient (Wildman–Crippen LogP) is 3.49. The summed E-state index contributed by atoms with van der Waals surface area (Å²) in [4.78, 5) is 0. The van der Waals surface area contributed by atoms with Gasteiger partial charge in [-0.2, -0.15) is 0 Å². The molecule has 2 atom stereocenters. The largest absolute Gasteiger partial charge is 0.398 e. The molecule has 0 saturated heterocycles. The van der Waals surface area contributed by atoms with Crippen LogP contribution in [0.15, 0.2) is 18.2 Å². The Bertz CT molecular complexity index is 370. The normalized spacial score (nSPS) is 29.3. The molecule has 2 aliphatic carbocycles. The third-order valence-electron chi connectivity index (χ3n) is 4.27. The summed E-state index contributed by atoms with van der Waals surface area (Å²) < 4.78 is 0. The standard InChI is InChI=1S/C14H19N/c15-14-8-4-7-12-11-6-3-1-2-5-10(11)9-13(12)14/h4,7-8,10-11H,1-3,5-6,9,15H2. The maximum Gasteiger partial charge on any atom is 0.0349 e. The SMILES string of the molecule is Nc1cccc2c1CC1CCCCCC21. The van der Waals surface area contributed by atoms with Crippen LogP contribution in [0.4, 0.5) is 5.69 Å². The van der Waals surface area contributed by atoms with Crippen molar-refractivity contribution in [1.29, 1.82) is 0 Å². The van der Waals surface area contributed by atoms with Crippen molar-refractivity contribution in [1.82, 2.24) is 0 Å². The van der Waals surface area contributed by atoms with E-state index < -0.39 is 0 Å². The lowest BCUT2D eigenvalue weighted by Crippen LogP contribution is -2.04. The van der Waals surface area contributed by atoms with Crippen molar-refractivity contribution in [3.8, 4) is 0 Å². The second-order valence-corrected chi connectivity index (χ2v) is 5.12. The Hall–Kier alpha value is -0.980. The summed E-state index contributed by atoms with van der Waals surface area (Å²) in [7, 11) is 0. The van der Waals surface area contributed by atoms with E-state index in [1.165, 1.54) is 44.1 Å². The molecule has 0 bridgehead atoms. The van der Waals surface area contributed by atoms with Crippen LogP contribution in [0.25, 0.3) is 0 Å². The maximum absolute atomic E-state index is 6.07. The van der Waals surface area contributed by atoms with E-state index in [0.717, 1.165) is 17.5 Å². The van der Waals surface area contributed by atoms with Gasteiger partial charge in [0.05, 0.1) is 0 Å². The van der Waals surface area contributed by atoms with Crippen LogP contribution in [0.3, 0.4) is 0 Å². The predicted molar refractivity (Wildman–Crippen MR) is 63.9 cm³/mol. The molecule has 1 saturated carbocycles. The van der Waals surface area contributed by atoms with Gasteiger partial charge < -0.3 is 5.73 Å². The molecular formula is C14H19N. The summed E-state index contributed by atoms with van der Waals surface area (Å²) in [6.45, 7) is 0. The highest BCUT2D eigenvalue weighted by atomic mass is 14.6. The lowest BCUT2D eigenvalue weighted by Gasteiger charge is -2.16. The van der Waals surface area contributed by atoms with Gasteiger partial charge in [-0.25, -0.2) is 0 Å². The zero-order chi connectivity index (χ0) is 10.3. The lowest BCUT2D eigenvalue weighted by atomic mass is 9.88. The molecular weight excluding hydrogens is 182 g/mol. The molecule has 2 aliphatic rings. The van der Waals surface area contributed by atoms with Crippen molar-refractivity contribution in [2.45, 2.75) is 44.4 Å². The average Bonchev–Trinajstić information content (AvgIpc) is 2.45. The topological polar surface area (TPSA) is 26.0 Å². The summed E-state index contributed by atoms with van der Waals surface area (Å²) in [6.07, 6.45) is 8.32. The first-order valence-electron chi connectivity index (χ1n) is 6.23. The van der Waals surface area contributed by atoms with Crippen molar-refractivity contribution in [3.05, 3.63) is 29.3 Å². The van der Waals surface area contributed by atoms with Crippen LogP contribution in [-0.2, 0) is 6.42 Å². The average molecular weight is 201 g/mol. The minimum absolute atomic E-state index is 0.825. The highest BCUT2D eigenvalue weighted by Gasteiger charge is 2.33. The molecule has 1 heteroatoms. The van der Waals surface area contributed by atoms with Crippen LogP contribution < -0.4 is 5.73 Å². The fourth-order valence-electron chi connectivity index (χ4n) is 3.51. The zero-order valence-electron chi connectivity index (χ0n) is 9.21. The van der Waals surface area contributed by atoms with E-state index in [4.69, 9.17) is 5.73 Å². The molecule has 0 radical (unpaired) electrons. The number of hydrogen-bond acceptors (Lipinski definition) is 1. The molecule has 0 heterocycles.